The van der Waals surface area contributed by atoms with Gasteiger partial charge in [-0.25, -0.2) is 15.0 Å². The van der Waals surface area contributed by atoms with Gasteiger partial charge in [-0.3, -0.25) is 14.3 Å². The molecule has 0 aromatic carbocycles. The van der Waals surface area contributed by atoms with E-state index in [-0.39, 0.29) is 23.2 Å². The van der Waals surface area contributed by atoms with Crippen LogP contribution in [-0.2, 0) is 14.3 Å². The zero-order valence-electron chi connectivity index (χ0n) is 19.7. The largest absolute Gasteiger partial charge is 0.387 e. The lowest BCUT2D eigenvalue weighted by Crippen LogP contribution is -2.42. The Morgan fingerprint density at radius 1 is 1.34 bits per heavy atom. The number of ether oxygens (including phenoxy) is 2. The zero-order chi connectivity index (χ0) is 25.1. The molecule has 1 amide bonds. The molecule has 0 aliphatic carbocycles. The maximum Gasteiger partial charge on any atom is 0.252 e. The van der Waals surface area contributed by atoms with Crippen LogP contribution in [0.2, 0.25) is 0 Å². The minimum atomic E-state index is -1.42. The van der Waals surface area contributed by atoms with Crippen LogP contribution in [0, 0.1) is 17.8 Å². The fraction of sp³-hybridized carbons (Fsp3) is 0.636. The molecule has 4 rings (SSSR count). The van der Waals surface area contributed by atoms with Crippen LogP contribution >= 0.6 is 0 Å². The summed E-state index contributed by atoms with van der Waals surface area (Å²) in [7, 11) is 1.50. The summed E-state index contributed by atoms with van der Waals surface area (Å²) < 4.78 is 12.1. The molecule has 6 N–H and O–H groups in total. The second-order valence-corrected chi connectivity index (χ2v) is 8.62. The first-order valence-corrected chi connectivity index (χ1v) is 11.6. The van der Waals surface area contributed by atoms with Gasteiger partial charge in [0.15, 0.2) is 30.1 Å². The molecule has 35 heavy (non-hydrogen) atoms. The van der Waals surface area contributed by atoms with Crippen molar-refractivity contribution in [3.63, 3.8) is 0 Å². The van der Waals surface area contributed by atoms with E-state index in [9.17, 15) is 20.1 Å². The molecular weight excluding hydrogens is 458 g/mol. The minimum Gasteiger partial charge on any atom is -0.387 e. The van der Waals surface area contributed by atoms with E-state index in [1.54, 1.807) is 6.92 Å². The number of nitrogens with zero attached hydrogens (tertiary/aromatic N) is 5. The van der Waals surface area contributed by atoms with Gasteiger partial charge in [-0.2, -0.15) is 0 Å². The Kier molecular flexibility index (Phi) is 7.80. The first-order chi connectivity index (χ1) is 16.8. The molecule has 13 heteroatoms. The molecule has 3 unspecified atom stereocenters. The third-order valence-corrected chi connectivity index (χ3v) is 6.35. The Hall–Kier alpha value is -2.86. The van der Waals surface area contributed by atoms with Crippen LogP contribution in [-0.4, -0.2) is 104 Å². The predicted octanol–water partition coefficient (Wildman–Crippen LogP) is -1.81. The summed E-state index contributed by atoms with van der Waals surface area (Å²) in [5, 5.41) is 33.3. The molecule has 2 aromatic heterocycles. The molecule has 13 nitrogen and oxygen atoms in total. The summed E-state index contributed by atoms with van der Waals surface area (Å²) in [5.41, 5.74) is 6.62. The van der Waals surface area contributed by atoms with Crippen molar-refractivity contribution in [2.45, 2.75) is 50.6 Å². The van der Waals surface area contributed by atoms with Crippen LogP contribution in [0.15, 0.2) is 6.33 Å². The summed E-state index contributed by atoms with van der Waals surface area (Å²) >= 11 is 0. The highest BCUT2D eigenvalue weighted by molar-refractivity contribution is 5.83. The standard InChI is InChI=1S/C22H31N7O6/c1-3-24-20(32)17-15(30)16(31)21(35-17)29-11-25-14-18(23)26-13(27-19(14)29)5-4-8-28-9-6-12(7-10-28)22(33)34-2/h11-12,15-17,21-22,30-31,33H,3,6-10H2,1-2H3,(H,24,32)(H2,23,26,27)/t15?,16?,17-,21+,22?/m0/s1. The van der Waals surface area contributed by atoms with Gasteiger partial charge in [-0.1, -0.05) is 5.92 Å². The predicted molar refractivity (Wildman–Crippen MR) is 123 cm³/mol. The number of aliphatic hydroxyl groups is 3. The molecule has 0 spiro atoms. The molecule has 2 aliphatic rings. The van der Waals surface area contributed by atoms with Crippen LogP contribution in [0.3, 0.4) is 0 Å². The zero-order valence-corrected chi connectivity index (χ0v) is 19.7. The van der Waals surface area contributed by atoms with E-state index in [2.05, 4.69) is 37.0 Å². The van der Waals surface area contributed by atoms with E-state index in [1.165, 1.54) is 18.0 Å². The Bertz CT molecular complexity index is 1110. The molecule has 2 aromatic rings. The third-order valence-electron chi connectivity index (χ3n) is 6.35. The van der Waals surface area contributed by atoms with Gasteiger partial charge in [-0.05, 0) is 38.8 Å². The van der Waals surface area contributed by atoms with Crippen molar-refractivity contribution in [1.82, 2.24) is 29.7 Å². The maximum atomic E-state index is 12.2. The monoisotopic (exact) mass is 489 g/mol. The number of rotatable bonds is 6. The van der Waals surface area contributed by atoms with Gasteiger partial charge in [0.1, 0.15) is 17.7 Å². The second kappa shape index (κ2) is 10.8. The summed E-state index contributed by atoms with van der Waals surface area (Å²) in [4.78, 5) is 27.2. The number of amides is 1. The Morgan fingerprint density at radius 2 is 2.09 bits per heavy atom. The molecule has 2 fully saturated rings. The number of likely N-dealkylation sites (N-methyl/N-ethyl adjacent to an activating group) is 1. The number of hydrogen-bond acceptors (Lipinski definition) is 11. The number of imidazole rings is 1. The Labute approximate surface area is 202 Å². The third kappa shape index (κ3) is 5.22. The molecular formula is C22H31N7O6. The lowest BCUT2D eigenvalue weighted by atomic mass is 9.96. The van der Waals surface area contributed by atoms with Gasteiger partial charge < -0.3 is 35.8 Å². The van der Waals surface area contributed by atoms with Gasteiger partial charge in [-0.15, -0.1) is 0 Å². The molecule has 0 bridgehead atoms. The number of nitrogens with one attached hydrogen (secondary N) is 1. The molecule has 0 saturated carbocycles. The van der Waals surface area contributed by atoms with Crippen molar-refractivity contribution in [2.75, 3.05) is 39.0 Å². The molecule has 2 aliphatic heterocycles. The first-order valence-electron chi connectivity index (χ1n) is 11.6. The van der Waals surface area contributed by atoms with Crippen LogP contribution in [0.5, 0.6) is 0 Å². The number of piperidine rings is 1. The summed E-state index contributed by atoms with van der Waals surface area (Å²) in [6.45, 7) is 4.19. The Morgan fingerprint density at radius 3 is 2.77 bits per heavy atom. The normalized spacial score (nSPS) is 26.4. The van der Waals surface area contributed by atoms with Crippen LogP contribution < -0.4 is 11.1 Å². The highest BCUT2D eigenvalue weighted by Crippen LogP contribution is 2.32. The number of carbonyl (C=O) groups is 1. The Balaban J connectivity index is 1.49. The smallest absolute Gasteiger partial charge is 0.252 e. The van der Waals surface area contributed by atoms with Crippen molar-refractivity contribution in [2.24, 2.45) is 5.92 Å². The van der Waals surface area contributed by atoms with Gasteiger partial charge in [0.2, 0.25) is 5.82 Å². The number of aliphatic hydroxyl groups excluding tert-OH is 3. The SMILES string of the molecule is CCNC(=O)[C@H]1O[C@@H](n2cnc3c(N)nc(C#CCN4CCC(C(O)OC)CC4)nc32)C(O)C1O. The van der Waals surface area contributed by atoms with Crippen molar-refractivity contribution in [3.05, 3.63) is 12.2 Å². The second-order valence-electron chi connectivity index (χ2n) is 8.62. The number of anilines is 1. The molecule has 5 atom stereocenters. The van der Waals surface area contributed by atoms with Gasteiger partial charge >= 0.3 is 0 Å². The number of aromatic nitrogens is 4. The number of hydrogen-bond donors (Lipinski definition) is 5. The van der Waals surface area contributed by atoms with Crippen LogP contribution in [0.1, 0.15) is 31.8 Å². The number of fused-ring (bicyclic) bond motifs is 1. The van der Waals surface area contributed by atoms with Crippen molar-refractivity contribution >= 4 is 22.9 Å². The summed E-state index contributed by atoms with van der Waals surface area (Å²) in [5.74, 6) is 5.85. The molecule has 4 heterocycles. The number of nitrogen functional groups attached to an aromatic ring is 1. The maximum absolute atomic E-state index is 12.2. The molecule has 2 saturated heterocycles. The number of carbonyl (C=O) groups excluding carboxylic acids is 1. The lowest BCUT2D eigenvalue weighted by Gasteiger charge is -2.32. The fourth-order valence-electron chi connectivity index (χ4n) is 4.38. The van der Waals surface area contributed by atoms with E-state index in [1.807, 2.05) is 0 Å². The summed E-state index contributed by atoms with van der Waals surface area (Å²) in [6, 6.07) is 0. The quantitative estimate of drug-likeness (QED) is 0.228. The van der Waals surface area contributed by atoms with Crippen LogP contribution in [0.25, 0.3) is 11.2 Å². The van der Waals surface area contributed by atoms with E-state index in [4.69, 9.17) is 15.2 Å². The minimum absolute atomic E-state index is 0.112. The van der Waals surface area contributed by atoms with Gasteiger partial charge in [0.05, 0.1) is 12.9 Å². The highest BCUT2D eigenvalue weighted by Gasteiger charge is 2.47. The molecule has 0 radical (unpaired) electrons. The molecule has 190 valence electrons. The number of methoxy groups -OCH3 is 1. The van der Waals surface area contributed by atoms with Crippen molar-refractivity contribution in [1.29, 1.82) is 0 Å². The topological polar surface area (TPSA) is 181 Å². The lowest BCUT2D eigenvalue weighted by molar-refractivity contribution is -0.137. The average Bonchev–Trinajstić information content (AvgIpc) is 3.40. The van der Waals surface area contributed by atoms with Crippen molar-refractivity contribution < 1.29 is 29.6 Å². The van der Waals surface area contributed by atoms with E-state index < -0.39 is 36.7 Å². The number of likely N-dealkylation sites (tertiary alicyclic amines) is 1. The van der Waals surface area contributed by atoms with Crippen molar-refractivity contribution in [3.8, 4) is 11.8 Å². The highest BCUT2D eigenvalue weighted by atomic mass is 16.6. The number of nitrogens with two attached hydrogens (primary N) is 1. The first kappa shape index (κ1) is 25.2. The van der Waals surface area contributed by atoms with Crippen LogP contribution in [0.4, 0.5) is 5.82 Å². The van der Waals surface area contributed by atoms with Gasteiger partial charge in [0, 0.05) is 19.6 Å². The average molecular weight is 490 g/mol. The summed E-state index contributed by atoms with van der Waals surface area (Å²) in [6.07, 6.45) is -2.87. The van der Waals surface area contributed by atoms with E-state index >= 15 is 0 Å². The van der Waals surface area contributed by atoms with E-state index in [0.29, 0.717) is 18.6 Å². The van der Waals surface area contributed by atoms with Gasteiger partial charge in [0.25, 0.3) is 5.91 Å². The van der Waals surface area contributed by atoms with E-state index in [0.717, 1.165) is 25.9 Å². The fourth-order valence-corrected chi connectivity index (χ4v) is 4.38.